The highest BCUT2D eigenvalue weighted by atomic mass is 19.1. The lowest BCUT2D eigenvalue weighted by molar-refractivity contribution is 0.0362. The van der Waals surface area contributed by atoms with Crippen LogP contribution < -0.4 is 5.32 Å². The van der Waals surface area contributed by atoms with Crippen molar-refractivity contribution in [3.8, 4) is 0 Å². The van der Waals surface area contributed by atoms with E-state index in [1.54, 1.807) is 13.8 Å². The van der Waals surface area contributed by atoms with Gasteiger partial charge in [-0.25, -0.2) is 8.78 Å². The molecule has 114 valence electrons. The molecule has 2 atom stereocenters. The van der Waals surface area contributed by atoms with Crippen molar-refractivity contribution in [1.82, 2.24) is 5.32 Å². The summed E-state index contributed by atoms with van der Waals surface area (Å²) >= 11 is 0. The van der Waals surface area contributed by atoms with E-state index in [9.17, 15) is 13.9 Å². The second-order valence-corrected chi connectivity index (χ2v) is 6.32. The minimum Gasteiger partial charge on any atom is -0.389 e. The van der Waals surface area contributed by atoms with Gasteiger partial charge in [0.1, 0.15) is 11.6 Å². The van der Waals surface area contributed by atoms with Crippen LogP contribution in [0.3, 0.4) is 0 Å². The van der Waals surface area contributed by atoms with E-state index in [1.165, 1.54) is 19.1 Å². The van der Waals surface area contributed by atoms with Gasteiger partial charge in [-0.1, -0.05) is 13.8 Å². The summed E-state index contributed by atoms with van der Waals surface area (Å²) in [6.07, 6.45) is 0.650. The molecule has 20 heavy (non-hydrogen) atoms. The van der Waals surface area contributed by atoms with Crippen LogP contribution in [0.2, 0.25) is 0 Å². The molecule has 0 radical (unpaired) electrons. The van der Waals surface area contributed by atoms with E-state index in [0.717, 1.165) is 0 Å². The SMILES string of the molecule is Cc1cc(F)c(C(C)NCC(C)(O)CC(C)C)cc1F. The topological polar surface area (TPSA) is 32.3 Å². The highest BCUT2D eigenvalue weighted by Crippen LogP contribution is 2.22. The first kappa shape index (κ1) is 17.1. The largest absolute Gasteiger partial charge is 0.389 e. The van der Waals surface area contributed by atoms with Crippen LogP contribution in [-0.4, -0.2) is 17.3 Å². The molecule has 0 saturated heterocycles. The van der Waals surface area contributed by atoms with Crippen LogP contribution in [0.15, 0.2) is 12.1 Å². The lowest BCUT2D eigenvalue weighted by Crippen LogP contribution is -2.40. The summed E-state index contributed by atoms with van der Waals surface area (Å²) < 4.78 is 27.4. The number of nitrogens with one attached hydrogen (secondary N) is 1. The molecule has 2 unspecified atom stereocenters. The maximum atomic E-state index is 13.8. The monoisotopic (exact) mass is 285 g/mol. The lowest BCUT2D eigenvalue weighted by Gasteiger charge is -2.28. The Morgan fingerprint density at radius 3 is 2.35 bits per heavy atom. The van der Waals surface area contributed by atoms with Gasteiger partial charge < -0.3 is 10.4 Å². The Morgan fingerprint density at radius 1 is 1.20 bits per heavy atom. The van der Waals surface area contributed by atoms with E-state index in [-0.39, 0.29) is 11.6 Å². The van der Waals surface area contributed by atoms with Crippen LogP contribution in [0.5, 0.6) is 0 Å². The summed E-state index contributed by atoms with van der Waals surface area (Å²) in [6.45, 7) is 9.45. The molecule has 1 rings (SSSR count). The van der Waals surface area contributed by atoms with Crippen molar-refractivity contribution < 1.29 is 13.9 Å². The van der Waals surface area contributed by atoms with E-state index >= 15 is 0 Å². The Bertz CT molecular complexity index is 458. The van der Waals surface area contributed by atoms with Crippen molar-refractivity contribution in [2.75, 3.05) is 6.54 Å². The zero-order chi connectivity index (χ0) is 15.5. The zero-order valence-electron chi connectivity index (χ0n) is 12.9. The van der Waals surface area contributed by atoms with Crippen molar-refractivity contribution in [3.05, 3.63) is 34.9 Å². The van der Waals surface area contributed by atoms with Crippen LogP contribution in [0.1, 0.15) is 51.3 Å². The average Bonchev–Trinajstić information content (AvgIpc) is 2.29. The predicted molar refractivity (Wildman–Crippen MR) is 77.6 cm³/mol. The molecule has 4 heteroatoms. The minimum atomic E-state index is -0.859. The fraction of sp³-hybridized carbons (Fsp3) is 0.625. The first-order valence-electron chi connectivity index (χ1n) is 7.03. The molecule has 1 aromatic carbocycles. The summed E-state index contributed by atoms with van der Waals surface area (Å²) in [4.78, 5) is 0. The molecule has 1 aromatic rings. The predicted octanol–water partition coefficient (Wildman–Crippen LogP) is 3.72. The molecule has 2 N–H and O–H groups in total. The molecule has 0 aromatic heterocycles. The molecule has 0 bridgehead atoms. The minimum absolute atomic E-state index is 0.286. The standard InChI is InChI=1S/C16H25F2NO/c1-10(2)8-16(5,20)9-19-12(4)13-7-14(17)11(3)6-15(13)18/h6-7,10,12,19-20H,8-9H2,1-5H3. The number of rotatable bonds is 6. The molecular formula is C16H25F2NO. The smallest absolute Gasteiger partial charge is 0.128 e. The Hall–Kier alpha value is -1.00. The fourth-order valence-corrected chi connectivity index (χ4v) is 2.43. The van der Waals surface area contributed by atoms with Crippen LogP contribution >= 0.6 is 0 Å². The molecule has 0 aliphatic rings. The Labute approximate surface area is 120 Å². The van der Waals surface area contributed by atoms with Crippen molar-refractivity contribution in [1.29, 1.82) is 0 Å². The van der Waals surface area contributed by atoms with Gasteiger partial charge >= 0.3 is 0 Å². The first-order valence-corrected chi connectivity index (χ1v) is 7.03. The van der Waals surface area contributed by atoms with Gasteiger partial charge in [0.25, 0.3) is 0 Å². The van der Waals surface area contributed by atoms with E-state index in [0.29, 0.717) is 24.4 Å². The summed E-state index contributed by atoms with van der Waals surface area (Å²) in [5.41, 5.74) is -0.277. The van der Waals surface area contributed by atoms with Gasteiger partial charge in [0.05, 0.1) is 5.60 Å². The number of hydrogen-bond acceptors (Lipinski definition) is 2. The number of aliphatic hydroxyl groups is 1. The summed E-state index contributed by atoms with van der Waals surface area (Å²) in [6, 6.07) is 2.07. The maximum absolute atomic E-state index is 13.8. The maximum Gasteiger partial charge on any atom is 0.128 e. The number of halogens is 2. The number of hydrogen-bond donors (Lipinski definition) is 2. The van der Waals surface area contributed by atoms with E-state index < -0.39 is 17.2 Å². The van der Waals surface area contributed by atoms with Gasteiger partial charge in [-0.05, 0) is 50.8 Å². The van der Waals surface area contributed by atoms with Gasteiger partial charge in [-0.15, -0.1) is 0 Å². The van der Waals surface area contributed by atoms with Crippen LogP contribution in [0.4, 0.5) is 8.78 Å². The van der Waals surface area contributed by atoms with Crippen molar-refractivity contribution in [2.45, 2.75) is 52.7 Å². The highest BCUT2D eigenvalue weighted by Gasteiger charge is 2.23. The molecule has 0 saturated carbocycles. The Morgan fingerprint density at radius 2 is 1.80 bits per heavy atom. The van der Waals surface area contributed by atoms with Gasteiger partial charge in [-0.3, -0.25) is 0 Å². The van der Waals surface area contributed by atoms with E-state index in [2.05, 4.69) is 5.32 Å². The second-order valence-electron chi connectivity index (χ2n) is 6.32. The summed E-state index contributed by atoms with van der Waals surface area (Å²) in [5.74, 6) is -0.466. The van der Waals surface area contributed by atoms with Crippen molar-refractivity contribution in [3.63, 3.8) is 0 Å². The number of benzene rings is 1. The van der Waals surface area contributed by atoms with Gasteiger partial charge in [0, 0.05) is 18.2 Å². The molecule has 2 nitrogen and oxygen atoms in total. The van der Waals surface area contributed by atoms with Crippen molar-refractivity contribution in [2.24, 2.45) is 5.92 Å². The van der Waals surface area contributed by atoms with E-state index in [1.807, 2.05) is 13.8 Å². The third-order valence-corrected chi connectivity index (χ3v) is 3.38. The normalized spacial score (nSPS) is 16.2. The lowest BCUT2D eigenvalue weighted by atomic mass is 9.93. The Kier molecular flexibility index (Phi) is 5.66. The molecule has 0 fully saturated rings. The molecule has 0 spiro atoms. The van der Waals surface area contributed by atoms with Gasteiger partial charge in [0.15, 0.2) is 0 Å². The summed E-state index contributed by atoms with van der Waals surface area (Å²) in [5, 5.41) is 13.3. The average molecular weight is 285 g/mol. The van der Waals surface area contributed by atoms with Crippen LogP contribution in [0.25, 0.3) is 0 Å². The number of aryl methyl sites for hydroxylation is 1. The van der Waals surface area contributed by atoms with Crippen LogP contribution in [0, 0.1) is 24.5 Å². The van der Waals surface area contributed by atoms with Crippen LogP contribution in [-0.2, 0) is 0 Å². The molecule has 0 aliphatic heterocycles. The third kappa shape index (κ3) is 4.84. The zero-order valence-corrected chi connectivity index (χ0v) is 12.9. The summed E-state index contributed by atoms with van der Waals surface area (Å²) in [7, 11) is 0. The highest BCUT2D eigenvalue weighted by molar-refractivity contribution is 5.27. The van der Waals surface area contributed by atoms with Gasteiger partial charge in [-0.2, -0.15) is 0 Å². The van der Waals surface area contributed by atoms with Gasteiger partial charge in [0.2, 0.25) is 0 Å². The second kappa shape index (κ2) is 6.64. The molecule has 0 aliphatic carbocycles. The third-order valence-electron chi connectivity index (χ3n) is 3.38. The molecular weight excluding hydrogens is 260 g/mol. The quantitative estimate of drug-likeness (QED) is 0.835. The van der Waals surface area contributed by atoms with E-state index in [4.69, 9.17) is 0 Å². The molecule has 0 amide bonds. The fourth-order valence-electron chi connectivity index (χ4n) is 2.43. The van der Waals surface area contributed by atoms with Crippen molar-refractivity contribution >= 4 is 0 Å². The first-order chi connectivity index (χ1) is 9.12. The Balaban J connectivity index is 2.72. The molecule has 0 heterocycles.